The van der Waals surface area contributed by atoms with Gasteiger partial charge in [-0.1, -0.05) is 12.8 Å². The van der Waals surface area contributed by atoms with E-state index in [-0.39, 0.29) is 0 Å². The smallest absolute Gasteiger partial charge is 0.0232 e. The summed E-state index contributed by atoms with van der Waals surface area (Å²) in [4.78, 5) is 0. The van der Waals surface area contributed by atoms with Crippen molar-refractivity contribution < 1.29 is 0 Å². The second kappa shape index (κ2) is 1.49. The molecule has 1 unspecified atom stereocenters. The fourth-order valence-corrected chi connectivity index (χ4v) is 1.59. The first-order chi connectivity index (χ1) is 3.91. The molecule has 1 atom stereocenters. The Morgan fingerprint density at radius 2 is 2.00 bits per heavy atom. The van der Waals surface area contributed by atoms with Crippen LogP contribution in [0.1, 0.15) is 32.1 Å². The maximum atomic E-state index is 2.51. The molecule has 8 heavy (non-hydrogen) atoms. The van der Waals surface area contributed by atoms with Crippen molar-refractivity contribution in [3.63, 3.8) is 0 Å². The molecule has 2 aliphatic carbocycles. The molecule has 44 valence electrons. The average molecular weight is 108 g/mol. The summed E-state index contributed by atoms with van der Waals surface area (Å²) in [5.41, 5.74) is 0.679. The van der Waals surface area contributed by atoms with Crippen LogP contribution in [0.3, 0.4) is 0 Å². The SMILES string of the molecule is [CH]1CCCCC12[CH]C2. The predicted molar refractivity (Wildman–Crippen MR) is 34.1 cm³/mol. The molecular weight excluding hydrogens is 96.1 g/mol. The second-order valence-corrected chi connectivity index (χ2v) is 3.09. The van der Waals surface area contributed by atoms with Gasteiger partial charge in [0.1, 0.15) is 0 Å². The van der Waals surface area contributed by atoms with Gasteiger partial charge in [0.05, 0.1) is 0 Å². The Morgan fingerprint density at radius 1 is 1.12 bits per heavy atom. The van der Waals surface area contributed by atoms with Crippen molar-refractivity contribution in [2.75, 3.05) is 0 Å². The van der Waals surface area contributed by atoms with E-state index in [4.69, 9.17) is 0 Å². The number of rotatable bonds is 0. The molecule has 0 heteroatoms. The van der Waals surface area contributed by atoms with Crippen LogP contribution >= 0.6 is 0 Å². The largest absolute Gasteiger partial charge is 0.0530 e. The summed E-state index contributed by atoms with van der Waals surface area (Å²) in [6.07, 6.45) is 12.1. The summed E-state index contributed by atoms with van der Waals surface area (Å²) in [5, 5.41) is 0. The highest BCUT2D eigenvalue weighted by Crippen LogP contribution is 2.54. The molecule has 0 saturated heterocycles. The second-order valence-electron chi connectivity index (χ2n) is 3.09. The van der Waals surface area contributed by atoms with Crippen LogP contribution in [0.2, 0.25) is 0 Å². The standard InChI is InChI=1S/C8H12/c1-2-4-8(5-3-1)6-7-8/h4,6H,1-3,5,7H2. The third-order valence-electron chi connectivity index (χ3n) is 2.38. The Bertz CT molecular complexity index is 82.2. The highest BCUT2D eigenvalue weighted by molar-refractivity contribution is 5.18. The molecule has 2 aliphatic rings. The lowest BCUT2D eigenvalue weighted by Crippen LogP contribution is -2.06. The summed E-state index contributed by atoms with van der Waals surface area (Å²) < 4.78 is 0. The van der Waals surface area contributed by atoms with Gasteiger partial charge in [-0.15, -0.1) is 0 Å². The highest BCUT2D eigenvalue weighted by atomic mass is 14.5. The zero-order valence-electron chi connectivity index (χ0n) is 5.19. The first-order valence-electron chi connectivity index (χ1n) is 3.60. The zero-order valence-corrected chi connectivity index (χ0v) is 5.19. The molecule has 0 aliphatic heterocycles. The molecule has 0 heterocycles. The van der Waals surface area contributed by atoms with Crippen LogP contribution in [0.25, 0.3) is 0 Å². The van der Waals surface area contributed by atoms with Gasteiger partial charge in [0.15, 0.2) is 0 Å². The number of hydrogen-bond acceptors (Lipinski definition) is 0. The molecule has 0 nitrogen and oxygen atoms in total. The van der Waals surface area contributed by atoms with Gasteiger partial charge in [0, 0.05) is 0 Å². The lowest BCUT2D eigenvalue weighted by molar-refractivity contribution is 0.445. The van der Waals surface area contributed by atoms with E-state index in [1.165, 1.54) is 32.1 Å². The third-order valence-corrected chi connectivity index (χ3v) is 2.38. The fourth-order valence-electron chi connectivity index (χ4n) is 1.59. The maximum Gasteiger partial charge on any atom is -0.0232 e. The Morgan fingerprint density at radius 3 is 2.38 bits per heavy atom. The van der Waals surface area contributed by atoms with Crippen molar-refractivity contribution in [2.45, 2.75) is 32.1 Å². The van der Waals surface area contributed by atoms with Crippen molar-refractivity contribution in [3.05, 3.63) is 12.8 Å². The van der Waals surface area contributed by atoms with Gasteiger partial charge in [0.2, 0.25) is 0 Å². The molecule has 0 aromatic heterocycles. The quantitative estimate of drug-likeness (QED) is 0.447. The monoisotopic (exact) mass is 108 g/mol. The Labute approximate surface area is 51.3 Å². The minimum Gasteiger partial charge on any atom is -0.0530 e. The average Bonchev–Trinajstić information content (AvgIpc) is 2.52. The van der Waals surface area contributed by atoms with E-state index in [0.29, 0.717) is 5.41 Å². The molecule has 2 rings (SSSR count). The van der Waals surface area contributed by atoms with Gasteiger partial charge >= 0.3 is 0 Å². The van der Waals surface area contributed by atoms with Crippen molar-refractivity contribution in [2.24, 2.45) is 5.41 Å². The van der Waals surface area contributed by atoms with Gasteiger partial charge in [-0.05, 0) is 37.5 Å². The van der Waals surface area contributed by atoms with E-state index in [2.05, 4.69) is 12.8 Å². The van der Waals surface area contributed by atoms with E-state index in [0.717, 1.165) is 0 Å². The van der Waals surface area contributed by atoms with Crippen LogP contribution in [0.15, 0.2) is 0 Å². The van der Waals surface area contributed by atoms with Gasteiger partial charge in [-0.2, -0.15) is 0 Å². The lowest BCUT2D eigenvalue weighted by atomic mass is 9.87. The van der Waals surface area contributed by atoms with Crippen LogP contribution in [0, 0.1) is 18.3 Å². The van der Waals surface area contributed by atoms with Crippen LogP contribution < -0.4 is 0 Å². The maximum absolute atomic E-state index is 2.51. The Kier molecular flexibility index (Phi) is 0.902. The first-order valence-corrected chi connectivity index (χ1v) is 3.60. The minimum atomic E-state index is 0.679. The van der Waals surface area contributed by atoms with E-state index >= 15 is 0 Å². The molecule has 2 saturated carbocycles. The lowest BCUT2D eigenvalue weighted by Gasteiger charge is -2.18. The minimum absolute atomic E-state index is 0.679. The summed E-state index contributed by atoms with van der Waals surface area (Å²) in [6, 6.07) is 0. The van der Waals surface area contributed by atoms with Crippen molar-refractivity contribution in [3.8, 4) is 0 Å². The predicted octanol–water partition coefficient (Wildman–Crippen LogP) is 2.36. The molecule has 1 spiro atoms. The molecule has 0 aromatic rings. The summed E-state index contributed by atoms with van der Waals surface area (Å²) in [7, 11) is 0. The van der Waals surface area contributed by atoms with E-state index < -0.39 is 0 Å². The van der Waals surface area contributed by atoms with E-state index in [9.17, 15) is 0 Å². The van der Waals surface area contributed by atoms with Crippen molar-refractivity contribution >= 4 is 0 Å². The van der Waals surface area contributed by atoms with Crippen LogP contribution in [-0.2, 0) is 0 Å². The van der Waals surface area contributed by atoms with Crippen LogP contribution in [0.4, 0.5) is 0 Å². The van der Waals surface area contributed by atoms with Gasteiger partial charge in [-0.3, -0.25) is 0 Å². The molecule has 0 aromatic carbocycles. The van der Waals surface area contributed by atoms with Crippen LogP contribution in [0.5, 0.6) is 0 Å². The topological polar surface area (TPSA) is 0 Å². The van der Waals surface area contributed by atoms with Gasteiger partial charge in [-0.25, -0.2) is 0 Å². The zero-order chi connectivity index (χ0) is 5.45. The van der Waals surface area contributed by atoms with Crippen molar-refractivity contribution in [1.82, 2.24) is 0 Å². The van der Waals surface area contributed by atoms with E-state index in [1.807, 2.05) is 0 Å². The molecule has 0 N–H and O–H groups in total. The molecule has 2 radical (unpaired) electrons. The summed E-state index contributed by atoms with van der Waals surface area (Å²) in [5.74, 6) is 0. The highest BCUT2D eigenvalue weighted by Gasteiger charge is 2.43. The third kappa shape index (κ3) is 0.667. The Balaban J connectivity index is 1.95. The fraction of sp³-hybridized carbons (Fsp3) is 0.750. The normalized spacial score (nSPS) is 33.0. The summed E-state index contributed by atoms with van der Waals surface area (Å²) >= 11 is 0. The number of hydrogen-bond donors (Lipinski definition) is 0. The van der Waals surface area contributed by atoms with Gasteiger partial charge < -0.3 is 0 Å². The van der Waals surface area contributed by atoms with E-state index in [1.54, 1.807) is 0 Å². The molecule has 0 amide bonds. The first kappa shape index (κ1) is 4.84. The Hall–Kier alpha value is 0. The summed E-state index contributed by atoms with van der Waals surface area (Å²) in [6.45, 7) is 0. The molecule has 2 fully saturated rings. The van der Waals surface area contributed by atoms with Crippen molar-refractivity contribution in [1.29, 1.82) is 0 Å². The van der Waals surface area contributed by atoms with Gasteiger partial charge in [0.25, 0.3) is 0 Å². The van der Waals surface area contributed by atoms with Crippen LogP contribution in [-0.4, -0.2) is 0 Å². The molecular formula is C8H12. The molecule has 0 bridgehead atoms.